The van der Waals surface area contributed by atoms with E-state index in [9.17, 15) is 9.60 Å². The van der Waals surface area contributed by atoms with Crippen molar-refractivity contribution < 1.29 is 37.3 Å². The quantitative estimate of drug-likeness (QED) is 0.197. The van der Waals surface area contributed by atoms with E-state index in [0.29, 0.717) is 0 Å². The Bertz CT molecular complexity index is 3710. The maximum Gasteiger partial charge on any atom is 0.143 e. The third-order valence-electron chi connectivity index (χ3n) is 6.87. The van der Waals surface area contributed by atoms with E-state index in [0.717, 1.165) is 0 Å². The third-order valence-corrected chi connectivity index (χ3v) is 6.87. The van der Waals surface area contributed by atoms with Gasteiger partial charge in [-0.3, -0.25) is 0 Å². The number of hydrogen-bond acceptors (Lipinski definition) is 1. The van der Waals surface area contributed by atoms with Gasteiger partial charge in [0.15, 0.2) is 0 Å². The van der Waals surface area contributed by atoms with E-state index in [1.54, 1.807) is 0 Å². The fraction of sp³-hybridized carbons (Fsp3) is 0. The molecule has 0 N–H and O–H groups in total. The molecule has 0 aliphatic heterocycles. The van der Waals surface area contributed by atoms with Crippen molar-refractivity contribution in [3.63, 3.8) is 0 Å². The molecule has 0 saturated heterocycles. The zero-order valence-corrected chi connectivity index (χ0v) is 20.4. The highest BCUT2D eigenvalue weighted by atomic mass is 16.3. The molecule has 0 atom stereocenters. The van der Waals surface area contributed by atoms with Crippen LogP contribution in [0, 0.1) is 0 Å². The molecule has 1 nitrogen and oxygen atoms in total. The van der Waals surface area contributed by atoms with Crippen molar-refractivity contribution in [2.75, 3.05) is 0 Å². The molecule has 0 aliphatic rings. The van der Waals surface area contributed by atoms with Gasteiger partial charge in [-0.15, -0.1) is 0 Å². The Kier molecular flexibility index (Phi) is 1.94. The van der Waals surface area contributed by atoms with E-state index in [-0.39, 0.29) is 0 Å². The van der Waals surface area contributed by atoms with Gasteiger partial charge >= 0.3 is 0 Å². The summed E-state index contributed by atoms with van der Waals surface area (Å²) in [5.74, 6) is 0. The van der Waals surface area contributed by atoms with Crippen LogP contribution in [-0.4, -0.2) is 0 Å². The smallest absolute Gasteiger partial charge is 0.143 e. The van der Waals surface area contributed by atoms with Gasteiger partial charge in [-0.1, -0.05) is 127 Å². The first-order chi connectivity index (χ1) is 30.3. The molecule has 1 aromatic heterocycles. The Balaban J connectivity index is 1.73. The largest absolute Gasteiger partial charge is 0.455 e. The Morgan fingerprint density at radius 2 is 0.927 bits per heavy atom. The first-order valence-electron chi connectivity index (χ1n) is 24.2. The summed E-state index contributed by atoms with van der Waals surface area (Å²) in [6.07, 6.45) is 0. The molecule has 1 heterocycles. The van der Waals surface area contributed by atoms with Gasteiger partial charge in [0, 0.05) is 21.9 Å². The van der Waals surface area contributed by atoms with E-state index in [1.807, 2.05) is 0 Å². The van der Waals surface area contributed by atoms with Crippen LogP contribution in [0.15, 0.2) is 149 Å². The lowest BCUT2D eigenvalue weighted by Crippen LogP contribution is -1.91. The highest BCUT2D eigenvalue weighted by molar-refractivity contribution is 6.28. The lowest BCUT2D eigenvalue weighted by Gasteiger charge is -2.18. The summed E-state index contributed by atoms with van der Waals surface area (Å²) in [5.41, 5.74) is -3.87. The number of fused-ring (bicyclic) bond motifs is 8. The number of benzene rings is 8. The Hall–Kier alpha value is -5.40. The SMILES string of the molecule is [2H]c1c([2H])c([2H])c(-c2c3c([2H])c([2H])c([2H])c([2H])c3c(-c3c([2H])c4c([2H])c([2H])c([2H])c([2H])c4c4c3oc3c([2H])c5c([2H])c([2H])c([2H])c([2H])c5c([2H])c34)c3c([2H])c([2H])c([2H])c([2H])c23)c([2H])c1[2H]. The molecule has 0 amide bonds. The summed E-state index contributed by atoms with van der Waals surface area (Å²) in [7, 11) is 0. The molecule has 9 aromatic rings. The van der Waals surface area contributed by atoms with Crippen LogP contribution >= 0.6 is 0 Å². The van der Waals surface area contributed by atoms with Crippen LogP contribution in [0.2, 0.25) is 0 Å². The van der Waals surface area contributed by atoms with Gasteiger partial charge in [0.2, 0.25) is 0 Å². The van der Waals surface area contributed by atoms with E-state index in [1.165, 1.54) is 0 Å². The minimum absolute atomic E-state index is 0.432. The van der Waals surface area contributed by atoms with Gasteiger partial charge in [0.05, 0.1) is 32.9 Å². The molecule has 0 bridgehead atoms. The molecule has 0 fully saturated rings. The van der Waals surface area contributed by atoms with Crippen LogP contribution in [0.3, 0.4) is 0 Å². The van der Waals surface area contributed by atoms with Crippen molar-refractivity contribution >= 4 is 65.0 Å². The molecule has 41 heavy (non-hydrogen) atoms. The van der Waals surface area contributed by atoms with Gasteiger partial charge in [0.1, 0.15) is 11.2 Å². The Morgan fingerprint density at radius 3 is 1.59 bits per heavy atom. The summed E-state index contributed by atoms with van der Waals surface area (Å²) in [5, 5.41) is -5.53. The zero-order chi connectivity index (χ0) is 47.8. The van der Waals surface area contributed by atoms with Crippen molar-refractivity contribution in [1.29, 1.82) is 0 Å². The number of furan rings is 1. The first-order valence-corrected chi connectivity index (χ1v) is 12.2. The number of hydrogen-bond donors (Lipinski definition) is 0. The van der Waals surface area contributed by atoms with Gasteiger partial charge in [0.25, 0.3) is 0 Å². The van der Waals surface area contributed by atoms with Crippen molar-refractivity contribution in [1.82, 2.24) is 0 Å². The average molecular weight is 545 g/mol. The first kappa shape index (κ1) is 9.33. The highest BCUT2D eigenvalue weighted by Gasteiger charge is 2.22. The maximum atomic E-state index is 9.84. The molecule has 0 spiro atoms. The Morgan fingerprint density at radius 1 is 0.415 bits per heavy atom. The van der Waals surface area contributed by atoms with Gasteiger partial charge in [-0.2, -0.15) is 0 Å². The van der Waals surface area contributed by atoms with Crippen molar-refractivity contribution in [3.05, 3.63) is 145 Å². The van der Waals surface area contributed by atoms with Crippen LogP contribution < -0.4 is 0 Å². The molecular formula is C40H24O. The molecule has 0 aliphatic carbocycles. The summed E-state index contributed by atoms with van der Waals surface area (Å²) in [6, 6.07) is -20.6. The third kappa shape index (κ3) is 3.24. The van der Waals surface area contributed by atoms with Gasteiger partial charge in [-0.25, -0.2) is 0 Å². The van der Waals surface area contributed by atoms with Crippen molar-refractivity contribution in [2.24, 2.45) is 0 Å². The van der Waals surface area contributed by atoms with E-state index in [4.69, 9.17) is 27.7 Å². The van der Waals surface area contributed by atoms with E-state index in [2.05, 4.69) is 0 Å². The number of rotatable bonds is 2. The normalized spacial score (nSPS) is 20.1. The second kappa shape index (κ2) is 8.55. The summed E-state index contributed by atoms with van der Waals surface area (Å²) in [6.45, 7) is 0. The topological polar surface area (TPSA) is 13.1 Å². The summed E-state index contributed by atoms with van der Waals surface area (Å²) >= 11 is 0. The van der Waals surface area contributed by atoms with Crippen LogP contribution in [0.5, 0.6) is 0 Å². The lowest BCUT2D eigenvalue weighted by molar-refractivity contribution is 0.671. The molecule has 0 radical (unpaired) electrons. The minimum Gasteiger partial charge on any atom is -0.455 e. The molecule has 1 heteroatoms. The Labute approximate surface area is 270 Å². The van der Waals surface area contributed by atoms with Gasteiger partial charge in [-0.05, 0) is 72.3 Å². The predicted molar refractivity (Wildman–Crippen MR) is 175 cm³/mol. The molecule has 190 valence electrons. The minimum atomic E-state index is -0.942. The fourth-order valence-electron chi connectivity index (χ4n) is 5.24. The second-order valence-electron chi connectivity index (χ2n) is 9.01. The molecule has 8 aromatic carbocycles. The average Bonchev–Trinajstić information content (AvgIpc) is 3.68. The van der Waals surface area contributed by atoms with Crippen LogP contribution in [0.25, 0.3) is 87.3 Å². The van der Waals surface area contributed by atoms with Crippen LogP contribution in [-0.2, 0) is 0 Å². The molecular weight excluding hydrogens is 496 g/mol. The van der Waals surface area contributed by atoms with Crippen molar-refractivity contribution in [2.45, 2.75) is 0 Å². The highest BCUT2D eigenvalue weighted by Crippen LogP contribution is 2.48. The predicted octanol–water partition coefficient (Wildman–Crippen LogP) is 11.5. The monoisotopic (exact) mass is 544 g/mol. The van der Waals surface area contributed by atoms with E-state index < -0.39 is 232 Å². The standard InChI is InChI=1S/C40H24O/c1-2-12-25(13-3-1)37-30-18-8-10-20-32(30)38(33-21-11-9-19-31(33)37)35-23-28-16-6-7-17-29(28)39-34-22-26-14-4-5-15-27(26)24-36(34)41-40(35)39/h1-24H/i1D,2D,3D,4D,5D,6D,7D,8D,9D,10D,11D,12D,13D,14D,15D,16D,17D,18D,19D,20D,21D,22D,23D,24D. The van der Waals surface area contributed by atoms with Gasteiger partial charge < -0.3 is 4.42 Å². The maximum absolute atomic E-state index is 9.84. The zero-order valence-electron chi connectivity index (χ0n) is 44.4. The van der Waals surface area contributed by atoms with E-state index >= 15 is 0 Å². The fourth-order valence-corrected chi connectivity index (χ4v) is 5.24. The second-order valence-corrected chi connectivity index (χ2v) is 9.01. The lowest BCUT2D eigenvalue weighted by atomic mass is 9.85. The van der Waals surface area contributed by atoms with Crippen LogP contribution in [0.1, 0.15) is 32.9 Å². The molecule has 0 saturated carbocycles. The van der Waals surface area contributed by atoms with Crippen LogP contribution in [0.4, 0.5) is 0 Å². The summed E-state index contributed by atoms with van der Waals surface area (Å²) < 4.78 is 220. The molecule has 0 unspecified atom stereocenters. The molecule has 9 rings (SSSR count). The van der Waals surface area contributed by atoms with Crippen molar-refractivity contribution in [3.8, 4) is 22.3 Å². The summed E-state index contributed by atoms with van der Waals surface area (Å²) in [4.78, 5) is 0.